The van der Waals surface area contributed by atoms with Crippen LogP contribution in [0.25, 0.3) is 0 Å². The van der Waals surface area contributed by atoms with Crippen molar-refractivity contribution in [1.29, 1.82) is 0 Å². The molecule has 2 rings (SSSR count). The van der Waals surface area contributed by atoms with Crippen molar-refractivity contribution in [2.75, 3.05) is 5.73 Å². The number of halogens is 1. The van der Waals surface area contributed by atoms with Crippen molar-refractivity contribution >= 4 is 23.2 Å². The molecule has 0 bridgehead atoms. The fourth-order valence-electron chi connectivity index (χ4n) is 1.54. The van der Waals surface area contributed by atoms with E-state index in [9.17, 15) is 10.1 Å². The van der Waals surface area contributed by atoms with Gasteiger partial charge in [0.1, 0.15) is 12.4 Å². The van der Waals surface area contributed by atoms with Crippen molar-refractivity contribution < 1.29 is 4.92 Å². The molecule has 0 aromatic carbocycles. The van der Waals surface area contributed by atoms with Crippen LogP contribution in [0.4, 0.5) is 11.6 Å². The van der Waals surface area contributed by atoms with Gasteiger partial charge >= 0.3 is 5.82 Å². The zero-order valence-electron chi connectivity index (χ0n) is 9.50. The molecule has 7 nitrogen and oxygen atoms in total. The van der Waals surface area contributed by atoms with Crippen LogP contribution in [0.3, 0.4) is 0 Å². The molecule has 0 spiro atoms. The van der Waals surface area contributed by atoms with E-state index in [0.29, 0.717) is 22.1 Å². The summed E-state index contributed by atoms with van der Waals surface area (Å²) in [5, 5.41) is 15.0. The summed E-state index contributed by atoms with van der Waals surface area (Å²) in [5.41, 5.74) is 6.57. The minimum Gasteiger partial charge on any atom is -0.384 e. The van der Waals surface area contributed by atoms with Crippen molar-refractivity contribution in [3.05, 3.63) is 44.7 Å². The lowest BCUT2D eigenvalue weighted by atomic mass is 10.3. The van der Waals surface area contributed by atoms with E-state index in [1.54, 1.807) is 25.3 Å². The second kappa shape index (κ2) is 4.61. The molecule has 0 aliphatic heterocycles. The first-order valence-corrected chi connectivity index (χ1v) is 5.44. The van der Waals surface area contributed by atoms with E-state index in [1.165, 1.54) is 4.68 Å². The van der Waals surface area contributed by atoms with E-state index in [0.717, 1.165) is 0 Å². The van der Waals surface area contributed by atoms with Gasteiger partial charge in [0.2, 0.25) is 0 Å². The fraction of sp³-hybridized carbons (Fsp3) is 0.200. The van der Waals surface area contributed by atoms with Gasteiger partial charge in [-0.3, -0.25) is 0 Å². The van der Waals surface area contributed by atoms with Crippen LogP contribution in [-0.2, 0) is 6.54 Å². The number of nitrogen functional groups attached to an aromatic ring is 1. The number of hydrogen-bond acceptors (Lipinski definition) is 5. The summed E-state index contributed by atoms with van der Waals surface area (Å²) >= 11 is 5.96. The molecule has 0 unspecified atom stereocenters. The molecular formula is C10H10ClN5O2. The Morgan fingerprint density at radius 2 is 2.28 bits per heavy atom. The molecule has 0 atom stereocenters. The molecule has 2 heterocycles. The number of rotatable bonds is 3. The highest BCUT2D eigenvalue weighted by atomic mass is 35.5. The minimum absolute atomic E-state index is 0.171. The number of aromatic nitrogens is 3. The van der Waals surface area contributed by atoms with E-state index in [4.69, 9.17) is 17.3 Å². The highest BCUT2D eigenvalue weighted by molar-refractivity contribution is 6.31. The number of nitro groups is 1. The van der Waals surface area contributed by atoms with Gasteiger partial charge in [-0.05, 0) is 24.0 Å². The molecule has 0 aliphatic rings. The van der Waals surface area contributed by atoms with E-state index in [2.05, 4.69) is 10.1 Å². The van der Waals surface area contributed by atoms with E-state index >= 15 is 0 Å². The van der Waals surface area contributed by atoms with Gasteiger partial charge in [-0.1, -0.05) is 11.6 Å². The molecule has 0 amide bonds. The third kappa shape index (κ3) is 2.40. The van der Waals surface area contributed by atoms with Gasteiger partial charge in [0.05, 0.1) is 27.6 Å². The van der Waals surface area contributed by atoms with Crippen molar-refractivity contribution in [2.24, 2.45) is 0 Å². The Morgan fingerprint density at radius 1 is 1.56 bits per heavy atom. The largest absolute Gasteiger partial charge is 0.392 e. The number of pyridine rings is 1. The fourth-order valence-corrected chi connectivity index (χ4v) is 1.70. The van der Waals surface area contributed by atoms with Gasteiger partial charge in [0, 0.05) is 0 Å². The van der Waals surface area contributed by atoms with Crippen LogP contribution < -0.4 is 5.73 Å². The number of anilines is 1. The quantitative estimate of drug-likeness (QED) is 0.675. The molecule has 0 radical (unpaired) electrons. The SMILES string of the molecule is Cc1cn(Cc2nc(N)ccc2Cl)nc1[N+](=O)[O-]. The minimum atomic E-state index is -0.528. The normalized spacial score (nSPS) is 10.6. The summed E-state index contributed by atoms with van der Waals surface area (Å²) in [6.07, 6.45) is 1.57. The maximum absolute atomic E-state index is 10.7. The predicted molar refractivity (Wildman–Crippen MR) is 66.4 cm³/mol. The van der Waals surface area contributed by atoms with Crippen LogP contribution in [0.1, 0.15) is 11.3 Å². The summed E-state index contributed by atoms with van der Waals surface area (Å²) in [6, 6.07) is 3.21. The van der Waals surface area contributed by atoms with Gasteiger partial charge in [0.15, 0.2) is 0 Å². The summed E-state index contributed by atoms with van der Waals surface area (Å²) in [5.74, 6) is 0.169. The molecular weight excluding hydrogens is 258 g/mol. The van der Waals surface area contributed by atoms with Gasteiger partial charge in [-0.15, -0.1) is 0 Å². The molecule has 0 aliphatic carbocycles. The standard InChI is InChI=1S/C10H10ClN5O2/c1-6-4-15(14-10(6)16(17)18)5-8-7(11)2-3-9(12)13-8/h2-4H,5H2,1H3,(H2,12,13). The van der Waals surface area contributed by atoms with Crippen LogP contribution in [0.2, 0.25) is 5.02 Å². The van der Waals surface area contributed by atoms with E-state index in [-0.39, 0.29) is 12.4 Å². The molecule has 18 heavy (non-hydrogen) atoms. The average molecular weight is 268 g/mol. The molecule has 0 fully saturated rings. The summed E-state index contributed by atoms with van der Waals surface area (Å²) < 4.78 is 1.42. The van der Waals surface area contributed by atoms with Crippen molar-refractivity contribution in [3.8, 4) is 0 Å². The number of nitrogens with zero attached hydrogens (tertiary/aromatic N) is 4. The second-order valence-corrected chi connectivity index (χ2v) is 4.16. The molecule has 8 heteroatoms. The number of aryl methyl sites for hydroxylation is 1. The Hall–Kier alpha value is -2.15. The van der Waals surface area contributed by atoms with Gasteiger partial charge in [-0.25, -0.2) is 4.98 Å². The van der Waals surface area contributed by atoms with Crippen molar-refractivity contribution in [1.82, 2.24) is 14.8 Å². The summed E-state index contributed by atoms with van der Waals surface area (Å²) in [7, 11) is 0. The Kier molecular flexibility index (Phi) is 3.15. The number of nitrogens with two attached hydrogens (primary N) is 1. The van der Waals surface area contributed by atoms with E-state index in [1.807, 2.05) is 0 Å². The zero-order valence-corrected chi connectivity index (χ0v) is 10.3. The van der Waals surface area contributed by atoms with Crippen LogP contribution in [0.5, 0.6) is 0 Å². The average Bonchev–Trinajstić information content (AvgIpc) is 2.65. The molecule has 94 valence electrons. The summed E-state index contributed by atoms with van der Waals surface area (Å²) in [4.78, 5) is 14.2. The molecule has 2 N–H and O–H groups in total. The summed E-state index contributed by atoms with van der Waals surface area (Å²) in [6.45, 7) is 1.86. The molecule has 2 aromatic heterocycles. The van der Waals surface area contributed by atoms with Crippen LogP contribution in [0, 0.1) is 17.0 Å². The van der Waals surface area contributed by atoms with Crippen LogP contribution >= 0.6 is 11.6 Å². The molecule has 0 saturated heterocycles. The number of hydrogen-bond donors (Lipinski definition) is 1. The Balaban J connectivity index is 2.31. The first-order valence-electron chi connectivity index (χ1n) is 5.06. The van der Waals surface area contributed by atoms with Crippen molar-refractivity contribution in [3.63, 3.8) is 0 Å². The topological polar surface area (TPSA) is 99.9 Å². The maximum atomic E-state index is 10.7. The third-order valence-corrected chi connectivity index (χ3v) is 2.69. The Labute approximate surface area is 107 Å². The zero-order chi connectivity index (χ0) is 13.3. The second-order valence-electron chi connectivity index (χ2n) is 3.76. The highest BCUT2D eigenvalue weighted by Crippen LogP contribution is 2.19. The van der Waals surface area contributed by atoms with Gasteiger partial charge in [0.25, 0.3) is 0 Å². The first kappa shape index (κ1) is 12.3. The third-order valence-electron chi connectivity index (χ3n) is 2.34. The smallest absolute Gasteiger partial charge is 0.384 e. The van der Waals surface area contributed by atoms with Crippen molar-refractivity contribution in [2.45, 2.75) is 13.5 Å². The monoisotopic (exact) mass is 267 g/mol. The molecule has 0 saturated carbocycles. The van der Waals surface area contributed by atoms with Crippen LogP contribution in [0.15, 0.2) is 18.3 Å². The highest BCUT2D eigenvalue weighted by Gasteiger charge is 2.18. The predicted octanol–water partition coefficient (Wildman–Crippen LogP) is 1.78. The lowest BCUT2D eigenvalue weighted by molar-refractivity contribution is -0.390. The van der Waals surface area contributed by atoms with E-state index < -0.39 is 4.92 Å². The Bertz CT molecular complexity index is 610. The maximum Gasteiger partial charge on any atom is 0.392 e. The first-order chi connectivity index (χ1) is 8.47. The van der Waals surface area contributed by atoms with Crippen LogP contribution in [-0.4, -0.2) is 19.7 Å². The lowest BCUT2D eigenvalue weighted by Crippen LogP contribution is -2.05. The molecule has 2 aromatic rings. The van der Waals surface area contributed by atoms with Gasteiger partial charge in [-0.2, -0.15) is 4.68 Å². The lowest BCUT2D eigenvalue weighted by Gasteiger charge is -2.02. The Morgan fingerprint density at radius 3 is 2.89 bits per heavy atom. The van der Waals surface area contributed by atoms with Gasteiger partial charge < -0.3 is 15.8 Å².